The van der Waals surface area contributed by atoms with Gasteiger partial charge >= 0.3 is 0 Å². The van der Waals surface area contributed by atoms with Crippen molar-refractivity contribution in [3.05, 3.63) is 53.9 Å². The molecule has 0 aromatic carbocycles. The lowest BCUT2D eigenvalue weighted by Gasteiger charge is -2.33. The maximum absolute atomic E-state index is 13.1. The smallest absolute Gasteiger partial charge is 0.176 e. The Hall–Kier alpha value is -2.76. The molecule has 2 aromatic rings. The number of Topliss-reactive ketones (excluding diaryl/α,β-unsaturated/α-hetero) is 1. The van der Waals surface area contributed by atoms with E-state index in [1.807, 2.05) is 58.8 Å². The first kappa shape index (κ1) is 22.3. The number of nitrogens with two attached hydrogens (primary N) is 1. The Labute approximate surface area is 162 Å². The third-order valence-corrected chi connectivity index (χ3v) is 4.58. The zero-order valence-corrected chi connectivity index (χ0v) is 17.3. The highest BCUT2D eigenvalue weighted by Crippen LogP contribution is 2.38. The maximum atomic E-state index is 13.1. The van der Waals surface area contributed by atoms with Crippen LogP contribution in [-0.4, -0.2) is 35.1 Å². The Morgan fingerprint density at radius 1 is 1.19 bits per heavy atom. The van der Waals surface area contributed by atoms with Crippen LogP contribution in [0.15, 0.2) is 31.4 Å². The Morgan fingerprint density at radius 3 is 2.33 bits per heavy atom. The molecule has 0 aliphatic heterocycles. The predicted molar refractivity (Wildman–Crippen MR) is 112 cm³/mol. The first-order chi connectivity index (χ1) is 12.8. The number of carbonyl (C=O) groups is 1. The van der Waals surface area contributed by atoms with Crippen LogP contribution in [0, 0.1) is 6.92 Å². The molecule has 6 nitrogen and oxygen atoms in total. The predicted octanol–water partition coefficient (Wildman–Crippen LogP) is 3.74. The van der Waals surface area contributed by atoms with Gasteiger partial charge in [-0.15, -0.1) is 18.3 Å². The van der Waals surface area contributed by atoms with Gasteiger partial charge in [-0.05, 0) is 50.5 Å². The van der Waals surface area contributed by atoms with Gasteiger partial charge in [-0.2, -0.15) is 5.10 Å². The molecule has 0 saturated carbocycles. The van der Waals surface area contributed by atoms with Crippen molar-refractivity contribution in [1.29, 1.82) is 0 Å². The van der Waals surface area contributed by atoms with E-state index in [1.165, 1.54) is 0 Å². The summed E-state index contributed by atoms with van der Waals surface area (Å²) < 4.78 is 0. The van der Waals surface area contributed by atoms with Crippen molar-refractivity contribution >= 4 is 17.4 Å². The third-order valence-electron chi connectivity index (χ3n) is 4.58. The van der Waals surface area contributed by atoms with Crippen molar-refractivity contribution in [2.45, 2.75) is 46.0 Å². The van der Waals surface area contributed by atoms with Crippen LogP contribution >= 0.6 is 0 Å². The average molecular weight is 370 g/mol. The first-order valence-electron chi connectivity index (χ1n) is 9.15. The van der Waals surface area contributed by atoms with Crippen LogP contribution in [0.2, 0.25) is 0 Å². The van der Waals surface area contributed by atoms with E-state index >= 15 is 0 Å². The summed E-state index contributed by atoms with van der Waals surface area (Å²) in [6, 6.07) is 5.54. The number of aryl methyl sites for hydroxylation is 2. The van der Waals surface area contributed by atoms with Gasteiger partial charge in [0.2, 0.25) is 0 Å². The standard InChI is InChI=1S/C17H21N5O.C2H6.C2H4/c1-10-9-13(18)19-11-7-8-17(2,16(23)15(10)11)12-5-6-14(21-20-12)22(3)4;2*1-2/h5-6,9H,7-8H2,1-4H3,(H2,18,19);1-2H3;1-2H2. The second kappa shape index (κ2) is 9.26. The minimum Gasteiger partial charge on any atom is -0.384 e. The monoisotopic (exact) mass is 369 g/mol. The molecule has 3 rings (SSSR count). The van der Waals surface area contributed by atoms with Crippen molar-refractivity contribution in [1.82, 2.24) is 15.2 Å². The van der Waals surface area contributed by atoms with Crippen LogP contribution in [0.3, 0.4) is 0 Å². The quantitative estimate of drug-likeness (QED) is 0.812. The molecule has 0 saturated heterocycles. The fourth-order valence-electron chi connectivity index (χ4n) is 3.12. The number of anilines is 2. The number of rotatable bonds is 2. The number of hydrogen-bond donors (Lipinski definition) is 1. The average Bonchev–Trinajstić information content (AvgIpc) is 2.67. The summed E-state index contributed by atoms with van der Waals surface area (Å²) in [5.41, 5.74) is 8.19. The zero-order valence-electron chi connectivity index (χ0n) is 17.3. The van der Waals surface area contributed by atoms with Crippen LogP contribution in [0.25, 0.3) is 0 Å². The maximum Gasteiger partial charge on any atom is 0.176 e. The number of carbonyl (C=O) groups excluding carboxylic acids is 1. The number of hydrogen-bond acceptors (Lipinski definition) is 6. The van der Waals surface area contributed by atoms with E-state index in [4.69, 9.17) is 5.73 Å². The van der Waals surface area contributed by atoms with Crippen LogP contribution in [0.4, 0.5) is 11.6 Å². The third kappa shape index (κ3) is 4.32. The number of nitrogens with zero attached hydrogens (tertiary/aromatic N) is 4. The Balaban J connectivity index is 0.000000855. The fourth-order valence-corrected chi connectivity index (χ4v) is 3.12. The second-order valence-electron chi connectivity index (χ2n) is 6.52. The summed E-state index contributed by atoms with van der Waals surface area (Å²) in [4.78, 5) is 19.3. The largest absolute Gasteiger partial charge is 0.384 e. The molecule has 27 heavy (non-hydrogen) atoms. The van der Waals surface area contributed by atoms with Crippen LogP contribution in [-0.2, 0) is 11.8 Å². The van der Waals surface area contributed by atoms with E-state index < -0.39 is 5.41 Å². The number of fused-ring (bicyclic) bond motifs is 1. The SMILES string of the molecule is C=C.CC.Cc1cc(N)nc2c1C(=O)C(C)(c1ccc(N(C)C)nn1)CC2. The number of aromatic nitrogens is 3. The molecule has 1 aliphatic rings. The summed E-state index contributed by atoms with van der Waals surface area (Å²) in [6.45, 7) is 13.8. The summed E-state index contributed by atoms with van der Waals surface area (Å²) in [6.07, 6.45) is 1.37. The molecule has 0 bridgehead atoms. The lowest BCUT2D eigenvalue weighted by molar-refractivity contribution is 0.0869. The molecule has 146 valence electrons. The highest BCUT2D eigenvalue weighted by Gasteiger charge is 2.42. The lowest BCUT2D eigenvalue weighted by Crippen LogP contribution is -2.39. The van der Waals surface area contributed by atoms with Gasteiger partial charge in [0.25, 0.3) is 0 Å². The molecular formula is C21H31N5O. The minimum absolute atomic E-state index is 0.0515. The Bertz CT molecular complexity index is 786. The number of nitrogen functional groups attached to an aromatic ring is 1. The molecule has 1 atom stereocenters. The van der Waals surface area contributed by atoms with Gasteiger partial charge in [0.1, 0.15) is 5.82 Å². The zero-order chi connectivity index (χ0) is 20.8. The molecular weight excluding hydrogens is 338 g/mol. The molecule has 1 aliphatic carbocycles. The van der Waals surface area contributed by atoms with Gasteiger partial charge in [0.15, 0.2) is 11.6 Å². The van der Waals surface area contributed by atoms with E-state index in [0.717, 1.165) is 17.1 Å². The summed E-state index contributed by atoms with van der Waals surface area (Å²) in [5.74, 6) is 1.29. The summed E-state index contributed by atoms with van der Waals surface area (Å²) in [7, 11) is 3.82. The topological polar surface area (TPSA) is 85.0 Å². The minimum atomic E-state index is -0.673. The molecule has 2 heterocycles. The van der Waals surface area contributed by atoms with Gasteiger partial charge < -0.3 is 10.6 Å². The van der Waals surface area contributed by atoms with E-state index in [0.29, 0.717) is 29.9 Å². The number of pyridine rings is 1. The molecule has 0 radical (unpaired) electrons. The molecule has 2 aromatic heterocycles. The van der Waals surface area contributed by atoms with E-state index in [1.54, 1.807) is 6.07 Å². The molecule has 1 unspecified atom stereocenters. The van der Waals surface area contributed by atoms with Crippen LogP contribution in [0.1, 0.15) is 54.5 Å². The molecule has 6 heteroatoms. The molecule has 0 amide bonds. The van der Waals surface area contributed by atoms with Crippen molar-refractivity contribution in [3.8, 4) is 0 Å². The molecule has 0 spiro atoms. The van der Waals surface area contributed by atoms with E-state index in [2.05, 4.69) is 28.3 Å². The molecule has 2 N–H and O–H groups in total. The van der Waals surface area contributed by atoms with Crippen molar-refractivity contribution in [2.75, 3.05) is 24.7 Å². The van der Waals surface area contributed by atoms with Crippen LogP contribution < -0.4 is 10.6 Å². The number of ketones is 1. The van der Waals surface area contributed by atoms with E-state index in [9.17, 15) is 4.79 Å². The highest BCUT2D eigenvalue weighted by molar-refractivity contribution is 6.06. The summed E-state index contributed by atoms with van der Waals surface area (Å²) >= 11 is 0. The normalized spacial score (nSPS) is 17.6. The summed E-state index contributed by atoms with van der Waals surface area (Å²) in [5, 5.41) is 8.52. The van der Waals surface area contributed by atoms with Crippen LogP contribution in [0.5, 0.6) is 0 Å². The van der Waals surface area contributed by atoms with Gasteiger partial charge in [-0.25, -0.2) is 4.98 Å². The fraction of sp³-hybridized carbons (Fsp3) is 0.429. The lowest BCUT2D eigenvalue weighted by atomic mass is 9.70. The van der Waals surface area contributed by atoms with Crippen molar-refractivity contribution < 1.29 is 4.79 Å². The second-order valence-corrected chi connectivity index (χ2v) is 6.52. The highest BCUT2D eigenvalue weighted by atomic mass is 16.1. The van der Waals surface area contributed by atoms with Gasteiger partial charge in [-0.3, -0.25) is 4.79 Å². The van der Waals surface area contributed by atoms with Gasteiger partial charge in [-0.1, -0.05) is 13.8 Å². The van der Waals surface area contributed by atoms with Gasteiger partial charge in [0.05, 0.1) is 16.8 Å². The first-order valence-corrected chi connectivity index (χ1v) is 9.15. The van der Waals surface area contributed by atoms with Gasteiger partial charge in [0, 0.05) is 19.7 Å². The molecule has 0 fully saturated rings. The van der Waals surface area contributed by atoms with Crippen molar-refractivity contribution in [3.63, 3.8) is 0 Å². The Kier molecular flexibility index (Phi) is 7.64. The van der Waals surface area contributed by atoms with Crippen molar-refractivity contribution in [2.24, 2.45) is 0 Å². The Morgan fingerprint density at radius 2 is 1.81 bits per heavy atom. The van der Waals surface area contributed by atoms with E-state index in [-0.39, 0.29) is 5.78 Å².